The van der Waals surface area contributed by atoms with Crippen LogP contribution in [0.15, 0.2) is 36.4 Å². The van der Waals surface area contributed by atoms with E-state index in [2.05, 4.69) is 0 Å². The Morgan fingerprint density at radius 3 is 2.56 bits per heavy atom. The molecule has 0 aliphatic carbocycles. The normalized spacial score (nSPS) is 12.3. The SMILES string of the molecule is O=C(O)C(Cl)COc1ccc(Cl)c2ccccc12. The molecule has 3 nitrogen and oxygen atoms in total. The Morgan fingerprint density at radius 2 is 1.89 bits per heavy atom. The zero-order valence-corrected chi connectivity index (χ0v) is 10.8. The summed E-state index contributed by atoms with van der Waals surface area (Å²) in [7, 11) is 0. The Morgan fingerprint density at radius 1 is 1.22 bits per heavy atom. The van der Waals surface area contributed by atoms with Crippen LogP contribution in [0.2, 0.25) is 5.02 Å². The van der Waals surface area contributed by atoms with Crippen molar-refractivity contribution in [1.29, 1.82) is 0 Å². The van der Waals surface area contributed by atoms with Gasteiger partial charge in [-0.1, -0.05) is 35.9 Å². The molecule has 1 N–H and O–H groups in total. The summed E-state index contributed by atoms with van der Waals surface area (Å²) in [6.07, 6.45) is 0. The van der Waals surface area contributed by atoms with E-state index in [9.17, 15) is 4.79 Å². The van der Waals surface area contributed by atoms with E-state index in [-0.39, 0.29) is 6.61 Å². The van der Waals surface area contributed by atoms with E-state index in [1.54, 1.807) is 12.1 Å². The van der Waals surface area contributed by atoms with Crippen LogP contribution in [0.4, 0.5) is 0 Å². The molecule has 2 rings (SSSR count). The van der Waals surface area contributed by atoms with Gasteiger partial charge in [0.1, 0.15) is 12.4 Å². The van der Waals surface area contributed by atoms with Crippen LogP contribution in [-0.4, -0.2) is 23.1 Å². The quantitative estimate of drug-likeness (QED) is 0.874. The lowest BCUT2D eigenvalue weighted by Crippen LogP contribution is -2.21. The van der Waals surface area contributed by atoms with Crippen molar-refractivity contribution in [3.05, 3.63) is 41.4 Å². The molecule has 2 aromatic carbocycles. The number of halogens is 2. The molecule has 0 fully saturated rings. The molecule has 0 saturated carbocycles. The lowest BCUT2D eigenvalue weighted by Gasteiger charge is -2.11. The van der Waals surface area contributed by atoms with Gasteiger partial charge in [-0.05, 0) is 12.1 Å². The zero-order chi connectivity index (χ0) is 13.1. The van der Waals surface area contributed by atoms with Gasteiger partial charge in [0.15, 0.2) is 5.38 Å². The average Bonchev–Trinajstić information content (AvgIpc) is 2.38. The van der Waals surface area contributed by atoms with Crippen molar-refractivity contribution in [2.75, 3.05) is 6.61 Å². The first-order chi connectivity index (χ1) is 8.59. The van der Waals surface area contributed by atoms with Crippen LogP contribution in [0.5, 0.6) is 5.75 Å². The molecule has 0 heterocycles. The van der Waals surface area contributed by atoms with E-state index >= 15 is 0 Å². The summed E-state index contributed by atoms with van der Waals surface area (Å²) < 4.78 is 5.43. The predicted octanol–water partition coefficient (Wildman–Crippen LogP) is 3.56. The van der Waals surface area contributed by atoms with Gasteiger partial charge >= 0.3 is 5.97 Å². The molecule has 1 unspecified atom stereocenters. The number of ether oxygens (including phenoxy) is 1. The van der Waals surface area contributed by atoms with Gasteiger partial charge in [0.25, 0.3) is 0 Å². The third-order valence-corrected chi connectivity index (χ3v) is 3.13. The molecule has 5 heteroatoms. The number of hydrogen-bond donors (Lipinski definition) is 1. The second kappa shape index (κ2) is 5.46. The number of aliphatic carboxylic acids is 1. The van der Waals surface area contributed by atoms with Gasteiger partial charge in [-0.15, -0.1) is 11.6 Å². The Balaban J connectivity index is 2.29. The minimum atomic E-state index is -1.10. The van der Waals surface area contributed by atoms with Gasteiger partial charge in [-0.2, -0.15) is 0 Å². The van der Waals surface area contributed by atoms with Crippen molar-refractivity contribution in [1.82, 2.24) is 0 Å². The van der Waals surface area contributed by atoms with Crippen LogP contribution in [0.1, 0.15) is 0 Å². The lowest BCUT2D eigenvalue weighted by molar-refractivity contribution is -0.137. The third-order valence-electron chi connectivity index (χ3n) is 2.48. The van der Waals surface area contributed by atoms with Crippen molar-refractivity contribution < 1.29 is 14.6 Å². The van der Waals surface area contributed by atoms with Gasteiger partial charge in [-0.25, -0.2) is 0 Å². The van der Waals surface area contributed by atoms with Crippen LogP contribution in [0.3, 0.4) is 0 Å². The van der Waals surface area contributed by atoms with E-state index in [0.717, 1.165) is 10.8 Å². The molecule has 94 valence electrons. The van der Waals surface area contributed by atoms with Gasteiger partial charge < -0.3 is 9.84 Å². The maximum Gasteiger partial charge on any atom is 0.325 e. The lowest BCUT2D eigenvalue weighted by atomic mass is 10.1. The van der Waals surface area contributed by atoms with Crippen LogP contribution < -0.4 is 4.74 Å². The van der Waals surface area contributed by atoms with Gasteiger partial charge in [-0.3, -0.25) is 4.79 Å². The molecule has 1 atom stereocenters. The maximum atomic E-state index is 10.6. The Kier molecular flexibility index (Phi) is 3.94. The smallest absolute Gasteiger partial charge is 0.325 e. The molecule has 0 aromatic heterocycles. The molecular formula is C13H10Cl2O3. The number of benzene rings is 2. The largest absolute Gasteiger partial charge is 0.491 e. The highest BCUT2D eigenvalue weighted by Gasteiger charge is 2.15. The minimum absolute atomic E-state index is 0.0947. The van der Waals surface area contributed by atoms with E-state index in [4.69, 9.17) is 33.0 Å². The summed E-state index contributed by atoms with van der Waals surface area (Å²) in [4.78, 5) is 10.6. The second-order valence-corrected chi connectivity index (χ2v) is 4.64. The van der Waals surface area contributed by atoms with E-state index < -0.39 is 11.3 Å². The van der Waals surface area contributed by atoms with Gasteiger partial charge in [0.2, 0.25) is 0 Å². The van der Waals surface area contributed by atoms with Gasteiger partial charge in [0, 0.05) is 15.8 Å². The number of carboxylic acid groups (broad SMARTS) is 1. The molecule has 0 aliphatic heterocycles. The number of rotatable bonds is 4. The molecule has 0 radical (unpaired) electrons. The van der Waals surface area contributed by atoms with E-state index in [0.29, 0.717) is 10.8 Å². The number of carbonyl (C=O) groups is 1. The molecule has 0 saturated heterocycles. The van der Waals surface area contributed by atoms with Crippen LogP contribution in [0.25, 0.3) is 10.8 Å². The molecule has 0 spiro atoms. The van der Waals surface area contributed by atoms with E-state index in [1.807, 2.05) is 24.3 Å². The number of carboxylic acids is 1. The van der Waals surface area contributed by atoms with E-state index in [1.165, 1.54) is 0 Å². The van der Waals surface area contributed by atoms with Crippen molar-refractivity contribution in [3.8, 4) is 5.75 Å². The highest BCUT2D eigenvalue weighted by Crippen LogP contribution is 2.31. The first kappa shape index (κ1) is 13.0. The molecular weight excluding hydrogens is 275 g/mol. The minimum Gasteiger partial charge on any atom is -0.491 e. The topological polar surface area (TPSA) is 46.5 Å². The molecule has 0 aliphatic rings. The fourth-order valence-corrected chi connectivity index (χ4v) is 1.89. The summed E-state index contributed by atoms with van der Waals surface area (Å²) in [5, 5.41) is 9.93. The Labute approximate surface area is 114 Å². The number of alkyl halides is 1. The summed E-state index contributed by atoms with van der Waals surface area (Å²) in [6, 6.07) is 10.9. The molecule has 18 heavy (non-hydrogen) atoms. The fourth-order valence-electron chi connectivity index (χ4n) is 1.59. The highest BCUT2D eigenvalue weighted by atomic mass is 35.5. The summed E-state index contributed by atoms with van der Waals surface area (Å²) in [5.41, 5.74) is 0. The molecule has 0 amide bonds. The summed E-state index contributed by atoms with van der Waals surface area (Å²) in [5.74, 6) is -0.531. The summed E-state index contributed by atoms with van der Waals surface area (Å²) in [6.45, 7) is -0.0947. The third kappa shape index (κ3) is 2.68. The number of fused-ring (bicyclic) bond motifs is 1. The second-order valence-electron chi connectivity index (χ2n) is 3.71. The van der Waals surface area contributed by atoms with Gasteiger partial charge in [0.05, 0.1) is 0 Å². The molecule has 0 bridgehead atoms. The zero-order valence-electron chi connectivity index (χ0n) is 9.27. The highest BCUT2D eigenvalue weighted by molar-refractivity contribution is 6.35. The Bertz CT molecular complexity index is 583. The summed E-state index contributed by atoms with van der Waals surface area (Å²) >= 11 is 11.7. The predicted molar refractivity (Wildman–Crippen MR) is 71.7 cm³/mol. The van der Waals surface area contributed by atoms with Crippen molar-refractivity contribution in [3.63, 3.8) is 0 Å². The molecule has 2 aromatic rings. The number of hydrogen-bond acceptors (Lipinski definition) is 2. The standard InChI is InChI=1S/C13H10Cl2O3/c14-10-5-6-12(18-7-11(15)13(16)17)9-4-2-1-3-8(9)10/h1-6,11H,7H2,(H,16,17). The van der Waals surface area contributed by atoms with Crippen LogP contribution >= 0.6 is 23.2 Å². The fraction of sp³-hybridized carbons (Fsp3) is 0.154. The first-order valence-electron chi connectivity index (χ1n) is 5.26. The van der Waals surface area contributed by atoms with Crippen molar-refractivity contribution in [2.45, 2.75) is 5.38 Å². The first-order valence-corrected chi connectivity index (χ1v) is 6.08. The average molecular weight is 285 g/mol. The van der Waals surface area contributed by atoms with Crippen molar-refractivity contribution >= 4 is 39.9 Å². The maximum absolute atomic E-state index is 10.6. The Hall–Kier alpha value is -1.45. The van der Waals surface area contributed by atoms with Crippen LogP contribution in [0, 0.1) is 0 Å². The van der Waals surface area contributed by atoms with Crippen LogP contribution in [-0.2, 0) is 4.79 Å². The van der Waals surface area contributed by atoms with Crippen molar-refractivity contribution in [2.24, 2.45) is 0 Å². The monoisotopic (exact) mass is 284 g/mol.